The minimum atomic E-state index is 0.0470. The summed E-state index contributed by atoms with van der Waals surface area (Å²) in [6.45, 7) is 0.651. The smallest absolute Gasteiger partial charge is 0.220 e. The van der Waals surface area contributed by atoms with Gasteiger partial charge in [0.1, 0.15) is 0 Å². The molecule has 2 rings (SSSR count). The molecule has 0 heterocycles. The topological polar surface area (TPSA) is 47.6 Å². The van der Waals surface area contributed by atoms with Gasteiger partial charge in [-0.15, -0.1) is 0 Å². The Kier molecular flexibility index (Phi) is 6.48. The Labute approximate surface area is 137 Å². The second-order valence-electron chi connectivity index (χ2n) is 5.24. The van der Waals surface area contributed by atoms with E-state index in [4.69, 9.17) is 9.47 Å². The minimum absolute atomic E-state index is 0.0470. The number of carbonyl (C=O) groups is 1. The standard InChI is InChI=1S/C19H23NO3/c1-22-17-10-6-9-16(19(17)23-2)11-12-18(21)20-14-13-15-7-4-3-5-8-15/h3-10H,11-14H2,1-2H3,(H,20,21). The maximum Gasteiger partial charge on any atom is 0.220 e. The van der Waals surface area contributed by atoms with Crippen molar-refractivity contribution >= 4 is 5.91 Å². The Morgan fingerprint density at radius 1 is 0.957 bits per heavy atom. The SMILES string of the molecule is COc1cccc(CCC(=O)NCCc2ccccc2)c1OC. The lowest BCUT2D eigenvalue weighted by atomic mass is 10.1. The molecular weight excluding hydrogens is 290 g/mol. The molecule has 2 aromatic rings. The van der Waals surface area contributed by atoms with Crippen molar-refractivity contribution in [2.45, 2.75) is 19.3 Å². The summed E-state index contributed by atoms with van der Waals surface area (Å²) in [5, 5.41) is 2.96. The summed E-state index contributed by atoms with van der Waals surface area (Å²) in [5.74, 6) is 1.44. The molecule has 4 nitrogen and oxygen atoms in total. The Morgan fingerprint density at radius 3 is 2.43 bits per heavy atom. The number of carbonyl (C=O) groups excluding carboxylic acids is 1. The number of aryl methyl sites for hydroxylation is 1. The zero-order chi connectivity index (χ0) is 16.5. The van der Waals surface area contributed by atoms with Gasteiger partial charge in [-0.05, 0) is 30.0 Å². The first kappa shape index (κ1) is 16.9. The highest BCUT2D eigenvalue weighted by molar-refractivity contribution is 5.76. The molecule has 2 aromatic carbocycles. The van der Waals surface area contributed by atoms with Gasteiger partial charge < -0.3 is 14.8 Å². The van der Waals surface area contributed by atoms with Crippen molar-refractivity contribution < 1.29 is 14.3 Å². The number of methoxy groups -OCH3 is 2. The van der Waals surface area contributed by atoms with Gasteiger partial charge in [-0.25, -0.2) is 0 Å². The van der Waals surface area contributed by atoms with E-state index in [9.17, 15) is 4.79 Å². The molecule has 0 saturated heterocycles. The van der Waals surface area contributed by atoms with Gasteiger partial charge in [-0.1, -0.05) is 42.5 Å². The van der Waals surface area contributed by atoms with Crippen LogP contribution in [0.25, 0.3) is 0 Å². The molecule has 122 valence electrons. The van der Waals surface area contributed by atoms with Crippen molar-refractivity contribution in [1.82, 2.24) is 5.32 Å². The highest BCUT2D eigenvalue weighted by Gasteiger charge is 2.11. The monoisotopic (exact) mass is 313 g/mol. The van der Waals surface area contributed by atoms with Crippen LogP contribution in [0.2, 0.25) is 0 Å². The molecule has 0 bridgehead atoms. The van der Waals surface area contributed by atoms with Gasteiger partial charge in [-0.2, -0.15) is 0 Å². The van der Waals surface area contributed by atoms with Crippen LogP contribution in [0, 0.1) is 0 Å². The number of para-hydroxylation sites is 1. The molecule has 0 aliphatic heterocycles. The predicted octanol–water partition coefficient (Wildman–Crippen LogP) is 3.00. The maximum atomic E-state index is 12.0. The minimum Gasteiger partial charge on any atom is -0.493 e. The quantitative estimate of drug-likeness (QED) is 0.815. The van der Waals surface area contributed by atoms with Crippen LogP contribution in [0.5, 0.6) is 11.5 Å². The van der Waals surface area contributed by atoms with Crippen molar-refractivity contribution in [3.63, 3.8) is 0 Å². The zero-order valence-electron chi connectivity index (χ0n) is 13.7. The van der Waals surface area contributed by atoms with Crippen molar-refractivity contribution in [2.75, 3.05) is 20.8 Å². The van der Waals surface area contributed by atoms with Gasteiger partial charge >= 0.3 is 0 Å². The van der Waals surface area contributed by atoms with Gasteiger partial charge in [0.05, 0.1) is 14.2 Å². The van der Waals surface area contributed by atoms with Crippen LogP contribution in [0.1, 0.15) is 17.5 Å². The van der Waals surface area contributed by atoms with Crippen LogP contribution in [-0.4, -0.2) is 26.7 Å². The van der Waals surface area contributed by atoms with Gasteiger partial charge in [0.25, 0.3) is 0 Å². The molecule has 4 heteroatoms. The lowest BCUT2D eigenvalue weighted by Crippen LogP contribution is -2.25. The van der Waals surface area contributed by atoms with E-state index in [0.29, 0.717) is 30.9 Å². The summed E-state index contributed by atoms with van der Waals surface area (Å²) in [6, 6.07) is 15.8. The van der Waals surface area contributed by atoms with Crippen LogP contribution in [0.3, 0.4) is 0 Å². The van der Waals surface area contributed by atoms with Crippen molar-refractivity contribution in [3.8, 4) is 11.5 Å². The first-order valence-corrected chi connectivity index (χ1v) is 7.75. The van der Waals surface area contributed by atoms with Crippen molar-refractivity contribution in [2.24, 2.45) is 0 Å². The van der Waals surface area contributed by atoms with E-state index in [-0.39, 0.29) is 5.91 Å². The third kappa shape index (κ3) is 5.02. The van der Waals surface area contributed by atoms with E-state index in [1.165, 1.54) is 5.56 Å². The summed E-state index contributed by atoms with van der Waals surface area (Å²) in [5.41, 5.74) is 2.20. The molecule has 0 aromatic heterocycles. The third-order valence-electron chi connectivity index (χ3n) is 3.68. The van der Waals surface area contributed by atoms with Crippen LogP contribution in [0.15, 0.2) is 48.5 Å². The molecule has 1 amide bonds. The van der Waals surface area contributed by atoms with E-state index in [1.807, 2.05) is 36.4 Å². The van der Waals surface area contributed by atoms with Gasteiger partial charge in [0.15, 0.2) is 11.5 Å². The van der Waals surface area contributed by atoms with Crippen LogP contribution in [0.4, 0.5) is 0 Å². The second kappa shape index (κ2) is 8.83. The number of benzene rings is 2. The average molecular weight is 313 g/mol. The predicted molar refractivity (Wildman–Crippen MR) is 91.0 cm³/mol. The summed E-state index contributed by atoms with van der Waals surface area (Å²) in [7, 11) is 3.22. The fourth-order valence-corrected chi connectivity index (χ4v) is 2.48. The summed E-state index contributed by atoms with van der Waals surface area (Å²) < 4.78 is 10.7. The maximum absolute atomic E-state index is 12.0. The Morgan fingerprint density at radius 2 is 1.74 bits per heavy atom. The number of nitrogens with one attached hydrogen (secondary N) is 1. The van der Waals surface area contributed by atoms with E-state index in [1.54, 1.807) is 14.2 Å². The van der Waals surface area contributed by atoms with Crippen LogP contribution >= 0.6 is 0 Å². The van der Waals surface area contributed by atoms with E-state index >= 15 is 0 Å². The molecule has 0 fully saturated rings. The fraction of sp³-hybridized carbons (Fsp3) is 0.316. The number of hydrogen-bond donors (Lipinski definition) is 1. The molecular formula is C19H23NO3. The first-order chi connectivity index (χ1) is 11.2. The van der Waals surface area contributed by atoms with Crippen molar-refractivity contribution in [3.05, 3.63) is 59.7 Å². The Balaban J connectivity index is 1.80. The molecule has 0 saturated carbocycles. The number of rotatable bonds is 8. The van der Waals surface area contributed by atoms with Gasteiger partial charge in [0.2, 0.25) is 5.91 Å². The van der Waals surface area contributed by atoms with E-state index in [2.05, 4.69) is 17.4 Å². The molecule has 0 aliphatic carbocycles. The molecule has 0 radical (unpaired) electrons. The fourth-order valence-electron chi connectivity index (χ4n) is 2.48. The first-order valence-electron chi connectivity index (χ1n) is 7.75. The normalized spacial score (nSPS) is 10.2. The Hall–Kier alpha value is -2.49. The highest BCUT2D eigenvalue weighted by Crippen LogP contribution is 2.31. The number of ether oxygens (including phenoxy) is 2. The van der Waals surface area contributed by atoms with Gasteiger partial charge in [-0.3, -0.25) is 4.79 Å². The third-order valence-corrected chi connectivity index (χ3v) is 3.68. The summed E-state index contributed by atoms with van der Waals surface area (Å²) >= 11 is 0. The highest BCUT2D eigenvalue weighted by atomic mass is 16.5. The molecule has 0 aliphatic rings. The van der Waals surface area contributed by atoms with Crippen LogP contribution in [-0.2, 0) is 17.6 Å². The van der Waals surface area contributed by atoms with Crippen LogP contribution < -0.4 is 14.8 Å². The lowest BCUT2D eigenvalue weighted by molar-refractivity contribution is -0.121. The van der Waals surface area contributed by atoms with Gasteiger partial charge in [0, 0.05) is 13.0 Å². The second-order valence-corrected chi connectivity index (χ2v) is 5.24. The molecule has 1 N–H and O–H groups in total. The molecule has 0 atom stereocenters. The van der Waals surface area contributed by atoms with Crippen molar-refractivity contribution in [1.29, 1.82) is 0 Å². The average Bonchev–Trinajstić information content (AvgIpc) is 2.60. The molecule has 23 heavy (non-hydrogen) atoms. The summed E-state index contributed by atoms with van der Waals surface area (Å²) in [4.78, 5) is 12.0. The molecule has 0 spiro atoms. The number of hydrogen-bond acceptors (Lipinski definition) is 3. The molecule has 0 unspecified atom stereocenters. The van der Waals surface area contributed by atoms with E-state index < -0.39 is 0 Å². The number of amides is 1. The zero-order valence-corrected chi connectivity index (χ0v) is 13.7. The lowest BCUT2D eigenvalue weighted by Gasteiger charge is -2.12. The largest absolute Gasteiger partial charge is 0.493 e. The Bertz CT molecular complexity index is 626. The van der Waals surface area contributed by atoms with E-state index in [0.717, 1.165) is 12.0 Å². The summed E-state index contributed by atoms with van der Waals surface area (Å²) in [6.07, 6.45) is 1.89.